The molecule has 2 rings (SSSR count). The Morgan fingerprint density at radius 2 is 2.05 bits per heavy atom. The second kappa shape index (κ2) is 6.74. The SMILES string of the molecule is CC(=O)N/N=C\c1c(C)nn(Cc2ccc(Cl)cc2)c1Cl. The van der Waals surface area contributed by atoms with Crippen LogP contribution in [0.25, 0.3) is 0 Å². The van der Waals surface area contributed by atoms with E-state index in [4.69, 9.17) is 23.2 Å². The molecule has 1 amide bonds. The van der Waals surface area contributed by atoms with Gasteiger partial charge < -0.3 is 0 Å². The number of carbonyl (C=O) groups is 1. The number of amides is 1. The van der Waals surface area contributed by atoms with E-state index in [-0.39, 0.29) is 5.91 Å². The number of nitrogens with one attached hydrogen (secondary N) is 1. The molecule has 0 fully saturated rings. The first-order valence-electron chi connectivity index (χ1n) is 6.24. The van der Waals surface area contributed by atoms with Crippen molar-refractivity contribution in [3.8, 4) is 0 Å². The molecule has 0 aliphatic carbocycles. The van der Waals surface area contributed by atoms with Crippen LogP contribution < -0.4 is 5.43 Å². The molecule has 0 spiro atoms. The predicted octanol–water partition coefficient (Wildman–Crippen LogP) is 3.02. The van der Waals surface area contributed by atoms with Gasteiger partial charge in [-0.3, -0.25) is 4.79 Å². The molecule has 21 heavy (non-hydrogen) atoms. The maximum absolute atomic E-state index is 10.8. The largest absolute Gasteiger partial charge is 0.274 e. The van der Waals surface area contributed by atoms with Gasteiger partial charge in [0.05, 0.1) is 24.0 Å². The molecule has 0 bridgehead atoms. The molecular formula is C14H14Cl2N4O. The van der Waals surface area contributed by atoms with Crippen LogP contribution in [0.1, 0.15) is 23.7 Å². The number of benzene rings is 1. The molecule has 2 aromatic rings. The van der Waals surface area contributed by atoms with Crippen molar-refractivity contribution in [2.75, 3.05) is 0 Å². The Hall–Kier alpha value is -1.85. The first kappa shape index (κ1) is 15.5. The molecule has 0 unspecified atom stereocenters. The van der Waals surface area contributed by atoms with Crippen molar-refractivity contribution < 1.29 is 4.79 Å². The minimum Gasteiger partial charge on any atom is -0.274 e. The average molecular weight is 325 g/mol. The average Bonchev–Trinajstić information content (AvgIpc) is 2.68. The van der Waals surface area contributed by atoms with Crippen LogP contribution in [-0.2, 0) is 11.3 Å². The van der Waals surface area contributed by atoms with E-state index in [1.165, 1.54) is 13.1 Å². The maximum Gasteiger partial charge on any atom is 0.236 e. The van der Waals surface area contributed by atoms with E-state index in [9.17, 15) is 4.79 Å². The quantitative estimate of drug-likeness (QED) is 0.694. The third kappa shape index (κ3) is 4.06. The Balaban J connectivity index is 2.20. The molecule has 1 heterocycles. The van der Waals surface area contributed by atoms with Crippen LogP contribution in [0.4, 0.5) is 0 Å². The Bertz CT molecular complexity index is 677. The van der Waals surface area contributed by atoms with E-state index >= 15 is 0 Å². The Labute approximate surface area is 132 Å². The molecule has 0 aliphatic rings. The zero-order chi connectivity index (χ0) is 15.4. The van der Waals surface area contributed by atoms with Crippen molar-refractivity contribution in [1.29, 1.82) is 0 Å². The van der Waals surface area contributed by atoms with Crippen LogP contribution >= 0.6 is 23.2 Å². The second-order valence-corrected chi connectivity index (χ2v) is 5.29. The summed E-state index contributed by atoms with van der Waals surface area (Å²) in [5.74, 6) is -0.242. The van der Waals surface area contributed by atoms with E-state index in [1.54, 1.807) is 4.68 Å². The van der Waals surface area contributed by atoms with Gasteiger partial charge in [0.15, 0.2) is 0 Å². The van der Waals surface area contributed by atoms with Gasteiger partial charge in [0.25, 0.3) is 0 Å². The fourth-order valence-electron chi connectivity index (χ4n) is 1.77. The third-order valence-electron chi connectivity index (χ3n) is 2.77. The molecule has 0 saturated heterocycles. The lowest BCUT2D eigenvalue weighted by Gasteiger charge is -2.03. The van der Waals surface area contributed by atoms with E-state index < -0.39 is 0 Å². The predicted molar refractivity (Wildman–Crippen MR) is 83.9 cm³/mol. The number of aryl methyl sites for hydroxylation is 1. The maximum atomic E-state index is 10.8. The molecule has 0 radical (unpaired) electrons. The van der Waals surface area contributed by atoms with Gasteiger partial charge in [-0.05, 0) is 24.6 Å². The van der Waals surface area contributed by atoms with Crippen molar-refractivity contribution in [3.05, 3.63) is 51.3 Å². The van der Waals surface area contributed by atoms with Gasteiger partial charge in [-0.25, -0.2) is 10.1 Å². The van der Waals surface area contributed by atoms with Gasteiger partial charge in [0, 0.05) is 11.9 Å². The zero-order valence-corrected chi connectivity index (χ0v) is 13.1. The van der Waals surface area contributed by atoms with Crippen molar-refractivity contribution in [1.82, 2.24) is 15.2 Å². The van der Waals surface area contributed by atoms with Gasteiger partial charge in [0.1, 0.15) is 5.15 Å². The highest BCUT2D eigenvalue weighted by Crippen LogP contribution is 2.19. The highest BCUT2D eigenvalue weighted by atomic mass is 35.5. The summed E-state index contributed by atoms with van der Waals surface area (Å²) in [6, 6.07) is 7.47. The van der Waals surface area contributed by atoms with Crippen LogP contribution in [-0.4, -0.2) is 21.9 Å². The smallest absolute Gasteiger partial charge is 0.236 e. The first-order valence-corrected chi connectivity index (χ1v) is 7.00. The van der Waals surface area contributed by atoms with Crippen molar-refractivity contribution in [2.24, 2.45) is 5.10 Å². The second-order valence-electron chi connectivity index (χ2n) is 4.50. The summed E-state index contributed by atoms with van der Waals surface area (Å²) in [6.07, 6.45) is 1.49. The van der Waals surface area contributed by atoms with Gasteiger partial charge in [-0.1, -0.05) is 35.3 Å². The topological polar surface area (TPSA) is 59.3 Å². The number of hydrazone groups is 1. The summed E-state index contributed by atoms with van der Waals surface area (Å²) < 4.78 is 1.68. The van der Waals surface area contributed by atoms with E-state index in [1.807, 2.05) is 31.2 Å². The number of halogens is 2. The summed E-state index contributed by atoms with van der Waals surface area (Å²) in [5, 5.41) is 9.34. The summed E-state index contributed by atoms with van der Waals surface area (Å²) in [4.78, 5) is 10.8. The number of hydrogen-bond donors (Lipinski definition) is 1. The summed E-state index contributed by atoms with van der Waals surface area (Å²) in [7, 11) is 0. The van der Waals surface area contributed by atoms with Crippen molar-refractivity contribution in [3.63, 3.8) is 0 Å². The fraction of sp³-hybridized carbons (Fsp3) is 0.214. The number of hydrogen-bond acceptors (Lipinski definition) is 3. The highest BCUT2D eigenvalue weighted by molar-refractivity contribution is 6.32. The van der Waals surface area contributed by atoms with Crippen LogP contribution in [0, 0.1) is 6.92 Å². The van der Waals surface area contributed by atoms with Gasteiger partial charge in [0.2, 0.25) is 5.91 Å². The van der Waals surface area contributed by atoms with E-state index in [2.05, 4.69) is 15.6 Å². The van der Waals surface area contributed by atoms with Gasteiger partial charge in [-0.2, -0.15) is 10.2 Å². The van der Waals surface area contributed by atoms with E-state index in [0.717, 1.165) is 11.3 Å². The number of nitrogens with zero attached hydrogens (tertiary/aromatic N) is 3. The molecule has 7 heteroatoms. The molecular weight excluding hydrogens is 311 g/mol. The number of carbonyl (C=O) groups excluding carboxylic acids is 1. The molecule has 0 saturated carbocycles. The molecule has 5 nitrogen and oxygen atoms in total. The summed E-state index contributed by atoms with van der Waals surface area (Å²) >= 11 is 12.2. The number of aromatic nitrogens is 2. The lowest BCUT2D eigenvalue weighted by Crippen LogP contribution is -2.12. The molecule has 110 valence electrons. The lowest BCUT2D eigenvalue weighted by atomic mass is 10.2. The summed E-state index contributed by atoms with van der Waals surface area (Å²) in [6.45, 7) is 3.75. The normalized spacial score (nSPS) is 11.0. The Kier molecular flexibility index (Phi) is 4.98. The minimum atomic E-state index is -0.242. The van der Waals surface area contributed by atoms with E-state index in [0.29, 0.717) is 22.3 Å². The molecule has 1 aromatic heterocycles. The van der Waals surface area contributed by atoms with Crippen LogP contribution in [0.3, 0.4) is 0 Å². The Morgan fingerprint density at radius 3 is 2.67 bits per heavy atom. The lowest BCUT2D eigenvalue weighted by molar-refractivity contribution is -0.118. The molecule has 0 atom stereocenters. The Morgan fingerprint density at radius 1 is 1.38 bits per heavy atom. The van der Waals surface area contributed by atoms with Crippen molar-refractivity contribution >= 4 is 35.3 Å². The van der Waals surface area contributed by atoms with Crippen LogP contribution in [0.15, 0.2) is 29.4 Å². The standard InChI is InChI=1S/C14H14Cl2N4O/c1-9-13(7-17-18-10(2)21)14(16)20(19-9)8-11-3-5-12(15)6-4-11/h3-7H,8H2,1-2H3,(H,18,21)/b17-7-. The van der Waals surface area contributed by atoms with Gasteiger partial charge >= 0.3 is 0 Å². The molecule has 0 aliphatic heterocycles. The highest BCUT2D eigenvalue weighted by Gasteiger charge is 2.12. The third-order valence-corrected chi connectivity index (χ3v) is 3.42. The zero-order valence-electron chi connectivity index (χ0n) is 11.6. The van der Waals surface area contributed by atoms with Gasteiger partial charge in [-0.15, -0.1) is 0 Å². The van der Waals surface area contributed by atoms with Crippen LogP contribution in [0.5, 0.6) is 0 Å². The monoisotopic (exact) mass is 324 g/mol. The van der Waals surface area contributed by atoms with Crippen molar-refractivity contribution in [2.45, 2.75) is 20.4 Å². The van der Waals surface area contributed by atoms with Crippen LogP contribution in [0.2, 0.25) is 10.2 Å². The minimum absolute atomic E-state index is 0.242. The molecule has 1 aromatic carbocycles. The molecule has 1 N–H and O–H groups in total. The number of rotatable bonds is 4. The first-order chi connectivity index (χ1) is 9.97. The fourth-order valence-corrected chi connectivity index (χ4v) is 2.18. The summed E-state index contributed by atoms with van der Waals surface area (Å²) in [5.41, 5.74) is 4.79.